The maximum atomic E-state index is 6.01. The van der Waals surface area contributed by atoms with Crippen molar-refractivity contribution in [3.63, 3.8) is 0 Å². The zero-order chi connectivity index (χ0) is 15.5. The fraction of sp³-hybridized carbons (Fsp3) is 0. The van der Waals surface area contributed by atoms with Gasteiger partial charge in [0.15, 0.2) is 0 Å². The third kappa shape index (κ3) is 3.47. The molecule has 0 bridgehead atoms. The molecule has 3 aromatic rings. The maximum Gasteiger partial charge on any atom is 0.0629 e. The summed E-state index contributed by atoms with van der Waals surface area (Å²) in [5, 5.41) is 2.15. The summed E-state index contributed by atoms with van der Waals surface area (Å²) in [6, 6.07) is 23.4. The molecular formula is C19H12Cl3. The molecule has 0 spiro atoms. The average molecular weight is 347 g/mol. The molecule has 0 heterocycles. The van der Waals surface area contributed by atoms with E-state index in [9.17, 15) is 0 Å². The molecule has 0 aliphatic rings. The highest BCUT2D eigenvalue weighted by molar-refractivity contribution is 6.31. The lowest BCUT2D eigenvalue weighted by molar-refractivity contribution is 1.23. The number of hydrogen-bond acceptors (Lipinski definition) is 0. The number of rotatable bonds is 3. The smallest absolute Gasteiger partial charge is 0.0629 e. The van der Waals surface area contributed by atoms with Gasteiger partial charge in [0.1, 0.15) is 0 Å². The van der Waals surface area contributed by atoms with E-state index in [1.165, 1.54) is 0 Å². The molecule has 3 aromatic carbocycles. The monoisotopic (exact) mass is 345 g/mol. The molecule has 1 radical (unpaired) electrons. The van der Waals surface area contributed by atoms with Gasteiger partial charge in [0.05, 0.1) is 5.92 Å². The Morgan fingerprint density at radius 3 is 0.864 bits per heavy atom. The van der Waals surface area contributed by atoms with E-state index in [4.69, 9.17) is 34.8 Å². The first kappa shape index (κ1) is 15.4. The van der Waals surface area contributed by atoms with Crippen LogP contribution in [0.1, 0.15) is 16.7 Å². The SMILES string of the molecule is Clc1ccc([C](c2ccc(Cl)cc2)c2ccc(Cl)cc2)cc1. The highest BCUT2D eigenvalue weighted by Gasteiger charge is 2.17. The van der Waals surface area contributed by atoms with E-state index in [0.29, 0.717) is 0 Å². The van der Waals surface area contributed by atoms with Crippen LogP contribution in [-0.2, 0) is 0 Å². The minimum atomic E-state index is 0.718. The van der Waals surface area contributed by atoms with Gasteiger partial charge in [0.2, 0.25) is 0 Å². The van der Waals surface area contributed by atoms with Crippen LogP contribution in [0.2, 0.25) is 15.1 Å². The van der Waals surface area contributed by atoms with Gasteiger partial charge in [-0.25, -0.2) is 0 Å². The molecule has 0 fully saturated rings. The van der Waals surface area contributed by atoms with Crippen molar-refractivity contribution in [1.29, 1.82) is 0 Å². The van der Waals surface area contributed by atoms with E-state index in [1.807, 2.05) is 72.8 Å². The Hall–Kier alpha value is -1.47. The predicted octanol–water partition coefficient (Wildman–Crippen LogP) is 6.67. The van der Waals surface area contributed by atoms with Crippen LogP contribution in [0.15, 0.2) is 72.8 Å². The predicted molar refractivity (Wildman–Crippen MR) is 94.9 cm³/mol. The molecular weight excluding hydrogens is 335 g/mol. The Balaban J connectivity index is 2.10. The van der Waals surface area contributed by atoms with Crippen LogP contribution >= 0.6 is 34.8 Å². The van der Waals surface area contributed by atoms with Gasteiger partial charge in [-0.2, -0.15) is 0 Å². The quantitative estimate of drug-likeness (QED) is 0.465. The average Bonchev–Trinajstić information content (AvgIpc) is 2.53. The number of benzene rings is 3. The summed E-state index contributed by atoms with van der Waals surface area (Å²) in [6.07, 6.45) is 0. The summed E-state index contributed by atoms with van der Waals surface area (Å²) in [5.74, 6) is 1.12. The van der Waals surface area contributed by atoms with Gasteiger partial charge in [-0.05, 0) is 53.1 Å². The maximum absolute atomic E-state index is 6.01. The van der Waals surface area contributed by atoms with Crippen LogP contribution in [0, 0.1) is 5.92 Å². The van der Waals surface area contributed by atoms with Crippen molar-refractivity contribution in [1.82, 2.24) is 0 Å². The molecule has 0 aromatic heterocycles. The molecule has 0 atom stereocenters. The van der Waals surface area contributed by atoms with E-state index < -0.39 is 0 Å². The highest BCUT2D eigenvalue weighted by atomic mass is 35.5. The molecule has 22 heavy (non-hydrogen) atoms. The number of hydrogen-bond donors (Lipinski definition) is 0. The molecule has 0 aliphatic carbocycles. The fourth-order valence-corrected chi connectivity index (χ4v) is 2.73. The van der Waals surface area contributed by atoms with Crippen molar-refractivity contribution in [3.8, 4) is 0 Å². The van der Waals surface area contributed by atoms with E-state index >= 15 is 0 Å². The van der Waals surface area contributed by atoms with Crippen molar-refractivity contribution >= 4 is 34.8 Å². The van der Waals surface area contributed by atoms with Crippen molar-refractivity contribution in [3.05, 3.63) is 110 Å². The lowest BCUT2D eigenvalue weighted by Gasteiger charge is -2.18. The van der Waals surface area contributed by atoms with Crippen molar-refractivity contribution in [2.45, 2.75) is 0 Å². The minimum absolute atomic E-state index is 0.718. The summed E-state index contributed by atoms with van der Waals surface area (Å²) in [5.41, 5.74) is 3.28. The van der Waals surface area contributed by atoms with Crippen LogP contribution in [-0.4, -0.2) is 0 Å². The lowest BCUT2D eigenvalue weighted by atomic mass is 9.85. The second-order valence-corrected chi connectivity index (χ2v) is 6.20. The molecule has 0 aliphatic heterocycles. The van der Waals surface area contributed by atoms with Crippen LogP contribution in [0.3, 0.4) is 0 Å². The van der Waals surface area contributed by atoms with Gasteiger partial charge in [0, 0.05) is 15.1 Å². The third-order valence-corrected chi connectivity index (χ3v) is 4.15. The van der Waals surface area contributed by atoms with Crippen molar-refractivity contribution in [2.24, 2.45) is 0 Å². The summed E-state index contributed by atoms with van der Waals surface area (Å²) < 4.78 is 0. The van der Waals surface area contributed by atoms with Crippen LogP contribution in [0.4, 0.5) is 0 Å². The Bertz CT molecular complexity index is 636. The Kier molecular flexibility index (Phi) is 4.73. The topological polar surface area (TPSA) is 0 Å². The van der Waals surface area contributed by atoms with Gasteiger partial charge in [-0.3, -0.25) is 0 Å². The summed E-state index contributed by atoms with van der Waals surface area (Å²) in [7, 11) is 0. The molecule has 0 amide bonds. The molecule has 0 unspecified atom stereocenters. The van der Waals surface area contributed by atoms with Gasteiger partial charge < -0.3 is 0 Å². The van der Waals surface area contributed by atoms with E-state index in [2.05, 4.69) is 0 Å². The lowest BCUT2D eigenvalue weighted by Crippen LogP contribution is -2.04. The largest absolute Gasteiger partial charge is 0.0843 e. The first-order valence-corrected chi connectivity index (χ1v) is 7.91. The van der Waals surface area contributed by atoms with Crippen molar-refractivity contribution in [2.75, 3.05) is 0 Å². The molecule has 0 saturated heterocycles. The van der Waals surface area contributed by atoms with Gasteiger partial charge in [0.25, 0.3) is 0 Å². The van der Waals surface area contributed by atoms with Crippen LogP contribution in [0.5, 0.6) is 0 Å². The molecule has 3 heteroatoms. The Labute approximate surface area is 145 Å². The van der Waals surface area contributed by atoms with E-state index in [-0.39, 0.29) is 0 Å². The zero-order valence-electron chi connectivity index (χ0n) is 11.6. The van der Waals surface area contributed by atoms with E-state index in [1.54, 1.807) is 0 Å². The molecule has 109 valence electrons. The van der Waals surface area contributed by atoms with Gasteiger partial charge in [-0.15, -0.1) is 0 Å². The second-order valence-electron chi connectivity index (χ2n) is 4.90. The normalized spacial score (nSPS) is 10.9. The standard InChI is InChI=1S/C19H12Cl3/c20-16-7-1-13(2-8-16)19(14-3-9-17(21)10-4-14)15-5-11-18(22)12-6-15/h1-12H. The summed E-state index contributed by atoms with van der Waals surface area (Å²) in [6.45, 7) is 0. The zero-order valence-corrected chi connectivity index (χ0v) is 13.8. The molecule has 0 N–H and O–H groups in total. The first-order valence-electron chi connectivity index (χ1n) is 6.78. The Morgan fingerprint density at radius 1 is 0.409 bits per heavy atom. The van der Waals surface area contributed by atoms with Gasteiger partial charge in [-0.1, -0.05) is 71.2 Å². The first-order chi connectivity index (χ1) is 10.6. The van der Waals surface area contributed by atoms with Crippen LogP contribution < -0.4 is 0 Å². The molecule has 0 saturated carbocycles. The minimum Gasteiger partial charge on any atom is -0.0843 e. The van der Waals surface area contributed by atoms with Crippen LogP contribution in [0.25, 0.3) is 0 Å². The molecule has 3 rings (SSSR count). The van der Waals surface area contributed by atoms with Gasteiger partial charge >= 0.3 is 0 Å². The Morgan fingerprint density at radius 2 is 0.636 bits per heavy atom. The highest BCUT2D eigenvalue weighted by Crippen LogP contribution is 2.32. The summed E-state index contributed by atoms with van der Waals surface area (Å²) >= 11 is 18.0. The van der Waals surface area contributed by atoms with E-state index in [0.717, 1.165) is 37.7 Å². The fourth-order valence-electron chi connectivity index (χ4n) is 2.35. The number of halogens is 3. The third-order valence-electron chi connectivity index (χ3n) is 3.40. The summed E-state index contributed by atoms with van der Waals surface area (Å²) in [4.78, 5) is 0. The second kappa shape index (κ2) is 6.75. The van der Waals surface area contributed by atoms with Crippen molar-refractivity contribution < 1.29 is 0 Å². The molecule has 0 nitrogen and oxygen atoms in total.